The largest absolute Gasteiger partial charge is 0.259 e. The van der Waals surface area contributed by atoms with E-state index >= 15 is 0 Å². The van der Waals surface area contributed by atoms with Gasteiger partial charge in [0.15, 0.2) is 0 Å². The van der Waals surface area contributed by atoms with Crippen LogP contribution in [-0.2, 0) is 20.0 Å². The van der Waals surface area contributed by atoms with Gasteiger partial charge in [-0.05, 0) is 19.1 Å². The Hall–Kier alpha value is -1.15. The minimum atomic E-state index is -3.89. The molecule has 0 saturated carbocycles. The number of aromatic nitrogens is 1. The highest BCUT2D eigenvalue weighted by Gasteiger charge is 2.28. The van der Waals surface area contributed by atoms with E-state index in [1.165, 1.54) is 18.3 Å². The lowest BCUT2D eigenvalue weighted by Crippen LogP contribution is -2.35. The zero-order chi connectivity index (χ0) is 12.6. The second-order valence-electron chi connectivity index (χ2n) is 3.33. The van der Waals surface area contributed by atoms with E-state index in [1.54, 1.807) is 6.92 Å². The Morgan fingerprint density at radius 1 is 1.12 bits per heavy atom. The summed E-state index contributed by atoms with van der Waals surface area (Å²) in [6, 6.07) is 2.87. The van der Waals surface area contributed by atoms with Crippen LogP contribution in [0.4, 0.5) is 5.69 Å². The van der Waals surface area contributed by atoms with E-state index in [0.29, 0.717) is 9.40 Å². The number of nitrogens with zero attached hydrogens (tertiary/aromatic N) is 2. The van der Waals surface area contributed by atoms with Crippen molar-refractivity contribution in [3.63, 3.8) is 0 Å². The molecule has 0 N–H and O–H groups in total. The topological polar surface area (TPSA) is 84.4 Å². The SMILES string of the molecule is Cc1ncccc1N(S(C)(=O)=O)S(C)(=O)=O. The van der Waals surface area contributed by atoms with Crippen LogP contribution >= 0.6 is 0 Å². The molecule has 1 rings (SSSR count). The molecule has 0 bridgehead atoms. The normalized spacial score (nSPS) is 12.4. The monoisotopic (exact) mass is 264 g/mol. The number of pyridine rings is 1. The zero-order valence-electron chi connectivity index (χ0n) is 9.08. The van der Waals surface area contributed by atoms with Crippen molar-refractivity contribution in [2.45, 2.75) is 6.92 Å². The van der Waals surface area contributed by atoms with Gasteiger partial charge in [0.1, 0.15) is 0 Å². The summed E-state index contributed by atoms with van der Waals surface area (Å²) < 4.78 is 46.2. The Labute approximate surface area is 95.0 Å². The number of anilines is 1. The summed E-state index contributed by atoms with van der Waals surface area (Å²) in [5.41, 5.74) is 0.380. The van der Waals surface area contributed by atoms with Gasteiger partial charge < -0.3 is 0 Å². The molecule has 0 aliphatic rings. The van der Waals surface area contributed by atoms with Crippen LogP contribution in [-0.4, -0.2) is 34.3 Å². The van der Waals surface area contributed by atoms with Crippen LogP contribution in [0.1, 0.15) is 5.69 Å². The molecule has 0 fully saturated rings. The lowest BCUT2D eigenvalue weighted by atomic mass is 10.3. The van der Waals surface area contributed by atoms with E-state index in [1.807, 2.05) is 0 Å². The highest BCUT2D eigenvalue weighted by molar-refractivity contribution is 8.09. The zero-order valence-corrected chi connectivity index (χ0v) is 10.7. The third kappa shape index (κ3) is 2.70. The first-order valence-corrected chi connectivity index (χ1v) is 7.96. The van der Waals surface area contributed by atoms with Gasteiger partial charge in [0, 0.05) is 6.20 Å². The predicted octanol–water partition coefficient (Wildman–Crippen LogP) is 0.116. The second-order valence-corrected chi connectivity index (χ2v) is 7.22. The number of hydrogen-bond acceptors (Lipinski definition) is 5. The summed E-state index contributed by atoms with van der Waals surface area (Å²) >= 11 is 0. The van der Waals surface area contributed by atoms with Gasteiger partial charge in [-0.25, -0.2) is 16.8 Å². The van der Waals surface area contributed by atoms with E-state index in [4.69, 9.17) is 0 Å². The van der Waals surface area contributed by atoms with Gasteiger partial charge in [0.2, 0.25) is 20.0 Å². The first-order chi connectivity index (χ1) is 7.14. The maximum Gasteiger partial charge on any atom is 0.245 e. The quantitative estimate of drug-likeness (QED) is 0.774. The molecule has 0 atom stereocenters. The van der Waals surface area contributed by atoms with Crippen LogP contribution < -0.4 is 3.71 Å². The van der Waals surface area contributed by atoms with Crippen LogP contribution in [0.3, 0.4) is 0 Å². The molecule has 16 heavy (non-hydrogen) atoms. The van der Waals surface area contributed by atoms with Crippen molar-refractivity contribution in [2.24, 2.45) is 0 Å². The number of rotatable bonds is 3. The molecule has 8 heteroatoms. The van der Waals surface area contributed by atoms with Crippen LogP contribution in [0.5, 0.6) is 0 Å². The predicted molar refractivity (Wildman–Crippen MR) is 61.1 cm³/mol. The summed E-state index contributed by atoms with van der Waals surface area (Å²) in [7, 11) is -7.79. The van der Waals surface area contributed by atoms with E-state index in [0.717, 1.165) is 12.5 Å². The molecular weight excluding hydrogens is 252 g/mol. The molecule has 6 nitrogen and oxygen atoms in total. The van der Waals surface area contributed by atoms with Crippen LogP contribution in [0.2, 0.25) is 0 Å². The van der Waals surface area contributed by atoms with Crippen molar-refractivity contribution < 1.29 is 16.8 Å². The van der Waals surface area contributed by atoms with Gasteiger partial charge in [0.05, 0.1) is 23.9 Å². The number of hydrogen-bond donors (Lipinski definition) is 0. The van der Waals surface area contributed by atoms with E-state index < -0.39 is 20.0 Å². The highest BCUT2D eigenvalue weighted by Crippen LogP contribution is 2.22. The van der Waals surface area contributed by atoms with Crippen LogP contribution in [0.25, 0.3) is 0 Å². The summed E-state index contributed by atoms with van der Waals surface area (Å²) in [6.45, 7) is 1.54. The molecule has 0 aliphatic carbocycles. The van der Waals surface area contributed by atoms with Gasteiger partial charge in [-0.3, -0.25) is 4.98 Å². The van der Waals surface area contributed by atoms with E-state index in [9.17, 15) is 16.8 Å². The van der Waals surface area contributed by atoms with Crippen LogP contribution in [0.15, 0.2) is 18.3 Å². The fourth-order valence-electron chi connectivity index (χ4n) is 1.27. The molecule has 0 aliphatic heterocycles. The highest BCUT2D eigenvalue weighted by atomic mass is 32.3. The van der Waals surface area contributed by atoms with Crippen LogP contribution in [0, 0.1) is 6.92 Å². The molecule has 0 spiro atoms. The van der Waals surface area contributed by atoms with Crippen molar-refractivity contribution in [1.29, 1.82) is 0 Å². The Balaban J connectivity index is 3.54. The van der Waals surface area contributed by atoms with Crippen molar-refractivity contribution in [1.82, 2.24) is 4.98 Å². The minimum absolute atomic E-state index is 0.0486. The van der Waals surface area contributed by atoms with Crippen molar-refractivity contribution in [3.05, 3.63) is 24.0 Å². The first kappa shape index (κ1) is 12.9. The van der Waals surface area contributed by atoms with E-state index in [2.05, 4.69) is 4.98 Å². The first-order valence-electron chi connectivity index (χ1n) is 4.26. The number of aryl methyl sites for hydroxylation is 1. The average molecular weight is 264 g/mol. The summed E-state index contributed by atoms with van der Waals surface area (Å²) in [5.74, 6) is 0. The Bertz CT molecular complexity index is 560. The number of sulfonamides is 2. The fourth-order valence-corrected chi connectivity index (χ4v) is 4.34. The molecule has 90 valence electrons. The molecule has 1 aromatic heterocycles. The molecule has 0 aromatic carbocycles. The summed E-state index contributed by atoms with van der Waals surface area (Å²) in [4.78, 5) is 3.86. The molecule has 1 heterocycles. The van der Waals surface area contributed by atoms with Gasteiger partial charge in [0.25, 0.3) is 0 Å². The van der Waals surface area contributed by atoms with Gasteiger partial charge in [-0.2, -0.15) is 3.71 Å². The molecule has 0 unspecified atom stereocenters. The Morgan fingerprint density at radius 2 is 1.62 bits per heavy atom. The van der Waals surface area contributed by atoms with Gasteiger partial charge in [-0.1, -0.05) is 0 Å². The third-order valence-electron chi connectivity index (χ3n) is 1.78. The summed E-state index contributed by atoms with van der Waals surface area (Å²) in [6.07, 6.45) is 3.13. The minimum Gasteiger partial charge on any atom is -0.259 e. The Kier molecular flexibility index (Phi) is 3.25. The van der Waals surface area contributed by atoms with Gasteiger partial charge >= 0.3 is 0 Å². The molecule has 1 aromatic rings. The van der Waals surface area contributed by atoms with Gasteiger partial charge in [-0.15, -0.1) is 0 Å². The maximum atomic E-state index is 11.4. The van der Waals surface area contributed by atoms with Crippen molar-refractivity contribution >= 4 is 25.7 Å². The standard InChI is InChI=1S/C8H12N2O4S2/c1-7-8(5-4-6-9-7)10(15(2,11)12)16(3,13)14/h4-6H,1-3H3. The fraction of sp³-hybridized carbons (Fsp3) is 0.375. The Morgan fingerprint density at radius 3 is 2.00 bits per heavy atom. The van der Waals surface area contributed by atoms with Crippen molar-refractivity contribution in [2.75, 3.05) is 16.2 Å². The lowest BCUT2D eigenvalue weighted by molar-refractivity contribution is 0.590. The molecule has 0 saturated heterocycles. The third-order valence-corrected chi connectivity index (χ3v) is 5.00. The van der Waals surface area contributed by atoms with E-state index in [-0.39, 0.29) is 5.69 Å². The van der Waals surface area contributed by atoms with Crippen molar-refractivity contribution in [3.8, 4) is 0 Å². The lowest BCUT2D eigenvalue weighted by Gasteiger charge is -2.20. The smallest absolute Gasteiger partial charge is 0.245 e. The molecular formula is C8H12N2O4S2. The molecule has 0 radical (unpaired) electrons. The average Bonchev–Trinajstić information content (AvgIpc) is 2.03. The maximum absolute atomic E-state index is 11.4. The molecule has 0 amide bonds. The second kappa shape index (κ2) is 4.02. The summed E-state index contributed by atoms with van der Waals surface area (Å²) in [5, 5.41) is 0.